The van der Waals surface area contributed by atoms with E-state index >= 15 is 0 Å². The second kappa shape index (κ2) is 3.23. The number of halogens is 1. The Labute approximate surface area is 84.3 Å². The Kier molecular flexibility index (Phi) is 2.05. The van der Waals surface area contributed by atoms with Crippen LogP contribution in [0.2, 0.25) is 5.02 Å². The molecule has 0 aliphatic carbocycles. The molecule has 4 nitrogen and oxygen atoms in total. The molecule has 0 aliphatic rings. The maximum atomic E-state index is 10.7. The predicted octanol–water partition coefficient (Wildman–Crippen LogP) is 2.80. The first kappa shape index (κ1) is 8.90. The number of benzene rings is 1. The van der Waals surface area contributed by atoms with Crippen molar-refractivity contribution in [2.75, 3.05) is 0 Å². The molecule has 14 heavy (non-hydrogen) atoms. The van der Waals surface area contributed by atoms with Crippen LogP contribution in [0.1, 0.15) is 0 Å². The number of hydrogen-bond acceptors (Lipinski definition) is 3. The quantitative estimate of drug-likeness (QED) is 0.535. The zero-order chi connectivity index (χ0) is 10.1. The number of nitro benzene ring substituents is 1. The van der Waals surface area contributed by atoms with Crippen LogP contribution < -0.4 is 0 Å². The molecule has 0 amide bonds. The van der Waals surface area contributed by atoms with Gasteiger partial charge >= 0.3 is 0 Å². The van der Waals surface area contributed by atoms with E-state index in [2.05, 4.69) is 4.98 Å². The maximum Gasteiger partial charge on any atom is 0.297 e. The molecule has 0 bridgehead atoms. The van der Waals surface area contributed by atoms with Gasteiger partial charge in [0.15, 0.2) is 0 Å². The largest absolute Gasteiger partial charge is 0.297 e. The third kappa shape index (κ3) is 1.29. The van der Waals surface area contributed by atoms with Gasteiger partial charge in [-0.2, -0.15) is 0 Å². The van der Waals surface area contributed by atoms with E-state index in [1.165, 1.54) is 12.3 Å². The number of nitrogens with zero attached hydrogens (tertiary/aromatic N) is 2. The van der Waals surface area contributed by atoms with Gasteiger partial charge in [-0.1, -0.05) is 17.7 Å². The molecule has 2 aromatic rings. The average Bonchev–Trinajstić information content (AvgIpc) is 2.17. The summed E-state index contributed by atoms with van der Waals surface area (Å²) in [5.41, 5.74) is -0.0859. The highest BCUT2D eigenvalue weighted by molar-refractivity contribution is 6.34. The summed E-state index contributed by atoms with van der Waals surface area (Å²) in [6.07, 6.45) is 3.03. The van der Waals surface area contributed by atoms with E-state index < -0.39 is 4.92 Å². The van der Waals surface area contributed by atoms with E-state index in [0.717, 1.165) is 5.39 Å². The summed E-state index contributed by atoms with van der Waals surface area (Å²) in [5, 5.41) is 12.1. The molecule has 0 fully saturated rings. The van der Waals surface area contributed by atoms with Crippen molar-refractivity contribution in [2.45, 2.75) is 0 Å². The summed E-state index contributed by atoms with van der Waals surface area (Å²) in [6.45, 7) is 0. The molecule has 0 atom stereocenters. The number of pyridine rings is 1. The van der Waals surface area contributed by atoms with Gasteiger partial charge in [0.05, 0.1) is 10.3 Å². The number of rotatable bonds is 1. The summed E-state index contributed by atoms with van der Waals surface area (Å²) in [5.74, 6) is 0. The highest BCUT2D eigenvalue weighted by Gasteiger charge is 2.16. The van der Waals surface area contributed by atoms with Crippen LogP contribution in [0.25, 0.3) is 10.8 Å². The third-order valence-corrected chi connectivity index (χ3v) is 2.23. The minimum absolute atomic E-state index is 0.0859. The number of fused-ring (bicyclic) bond motifs is 1. The van der Waals surface area contributed by atoms with Gasteiger partial charge in [0.1, 0.15) is 5.02 Å². The van der Waals surface area contributed by atoms with Gasteiger partial charge in [-0.25, -0.2) is 0 Å². The molecule has 0 aliphatic heterocycles. The first-order chi connectivity index (χ1) is 6.70. The molecule has 0 saturated carbocycles. The zero-order valence-electron chi connectivity index (χ0n) is 6.98. The molecule has 0 N–H and O–H groups in total. The molecule has 1 aromatic carbocycles. The zero-order valence-corrected chi connectivity index (χ0v) is 7.73. The summed E-state index contributed by atoms with van der Waals surface area (Å²) in [7, 11) is 0. The Balaban J connectivity index is 2.90. The smallest absolute Gasteiger partial charge is 0.264 e. The normalized spacial score (nSPS) is 10.4. The molecule has 0 saturated heterocycles. The van der Waals surface area contributed by atoms with Crippen molar-refractivity contribution >= 4 is 28.1 Å². The topological polar surface area (TPSA) is 56.0 Å². The first-order valence-corrected chi connectivity index (χ1v) is 4.24. The monoisotopic (exact) mass is 208 g/mol. The molecule has 0 spiro atoms. The van der Waals surface area contributed by atoms with Crippen molar-refractivity contribution in [3.8, 4) is 0 Å². The van der Waals surface area contributed by atoms with Crippen LogP contribution in [0.3, 0.4) is 0 Å². The van der Waals surface area contributed by atoms with E-state index in [4.69, 9.17) is 11.6 Å². The van der Waals surface area contributed by atoms with E-state index in [9.17, 15) is 10.1 Å². The highest BCUT2D eigenvalue weighted by atomic mass is 35.5. The van der Waals surface area contributed by atoms with Crippen molar-refractivity contribution in [3.63, 3.8) is 0 Å². The average molecular weight is 209 g/mol. The lowest BCUT2D eigenvalue weighted by atomic mass is 10.1. The van der Waals surface area contributed by atoms with Gasteiger partial charge in [0.25, 0.3) is 5.69 Å². The van der Waals surface area contributed by atoms with Gasteiger partial charge in [0.2, 0.25) is 0 Å². The summed E-state index contributed by atoms with van der Waals surface area (Å²) >= 11 is 5.73. The number of aromatic nitrogens is 1. The lowest BCUT2D eigenvalue weighted by molar-refractivity contribution is -0.382. The Morgan fingerprint density at radius 1 is 1.36 bits per heavy atom. The summed E-state index contributed by atoms with van der Waals surface area (Å²) < 4.78 is 0. The minimum Gasteiger partial charge on any atom is -0.264 e. The lowest BCUT2D eigenvalue weighted by Gasteiger charge is -1.99. The van der Waals surface area contributed by atoms with Crippen molar-refractivity contribution in [1.29, 1.82) is 0 Å². The molecule has 5 heteroatoms. The fourth-order valence-electron chi connectivity index (χ4n) is 1.30. The van der Waals surface area contributed by atoms with Crippen molar-refractivity contribution in [1.82, 2.24) is 4.98 Å². The van der Waals surface area contributed by atoms with Crippen LogP contribution >= 0.6 is 11.6 Å². The highest BCUT2D eigenvalue weighted by Crippen LogP contribution is 2.31. The van der Waals surface area contributed by atoms with E-state index in [0.29, 0.717) is 5.39 Å². The molecule has 70 valence electrons. The number of nitro groups is 1. The Morgan fingerprint density at radius 2 is 2.14 bits per heavy atom. The molecular formula is C9H5ClN2O2. The van der Waals surface area contributed by atoms with Gasteiger partial charge in [0, 0.05) is 12.4 Å². The fraction of sp³-hybridized carbons (Fsp3) is 0. The van der Waals surface area contributed by atoms with E-state index in [-0.39, 0.29) is 10.7 Å². The van der Waals surface area contributed by atoms with Gasteiger partial charge in [-0.05, 0) is 17.5 Å². The van der Waals surface area contributed by atoms with E-state index in [1.54, 1.807) is 18.3 Å². The Morgan fingerprint density at radius 3 is 2.86 bits per heavy atom. The minimum atomic E-state index is -0.494. The van der Waals surface area contributed by atoms with Gasteiger partial charge in [-0.15, -0.1) is 0 Å². The van der Waals surface area contributed by atoms with Crippen LogP contribution in [0, 0.1) is 10.1 Å². The van der Waals surface area contributed by atoms with Crippen LogP contribution in [-0.4, -0.2) is 9.91 Å². The van der Waals surface area contributed by atoms with Gasteiger partial charge in [-0.3, -0.25) is 15.1 Å². The maximum absolute atomic E-state index is 10.7. The SMILES string of the molecule is O=[N+]([O-])c1c(Cl)ccc2ccncc12. The first-order valence-electron chi connectivity index (χ1n) is 3.87. The molecule has 0 radical (unpaired) electrons. The molecule has 1 aromatic heterocycles. The van der Waals surface area contributed by atoms with Crippen LogP contribution in [0.4, 0.5) is 5.69 Å². The van der Waals surface area contributed by atoms with Gasteiger partial charge < -0.3 is 0 Å². The molecular weight excluding hydrogens is 204 g/mol. The van der Waals surface area contributed by atoms with Crippen molar-refractivity contribution in [3.05, 3.63) is 45.7 Å². The number of hydrogen-bond donors (Lipinski definition) is 0. The summed E-state index contributed by atoms with van der Waals surface area (Å²) in [4.78, 5) is 14.1. The second-order valence-corrected chi connectivity index (χ2v) is 3.16. The summed E-state index contributed by atoms with van der Waals surface area (Å²) in [6, 6.07) is 4.95. The van der Waals surface area contributed by atoms with Crippen LogP contribution in [0.5, 0.6) is 0 Å². The van der Waals surface area contributed by atoms with Crippen molar-refractivity contribution < 1.29 is 4.92 Å². The lowest BCUT2D eigenvalue weighted by Crippen LogP contribution is -1.91. The fourth-order valence-corrected chi connectivity index (χ4v) is 1.54. The predicted molar refractivity (Wildman–Crippen MR) is 53.4 cm³/mol. The second-order valence-electron chi connectivity index (χ2n) is 2.75. The van der Waals surface area contributed by atoms with E-state index in [1.807, 2.05) is 0 Å². The standard InChI is InChI=1S/C9H5ClN2O2/c10-8-2-1-6-3-4-11-5-7(6)9(8)12(13)14/h1-5H. The molecule has 1 heterocycles. The molecule has 2 rings (SSSR count). The molecule has 0 unspecified atom stereocenters. The van der Waals surface area contributed by atoms with Crippen LogP contribution in [-0.2, 0) is 0 Å². The van der Waals surface area contributed by atoms with Crippen molar-refractivity contribution in [2.24, 2.45) is 0 Å². The van der Waals surface area contributed by atoms with Crippen LogP contribution in [0.15, 0.2) is 30.6 Å². The Hall–Kier alpha value is -1.68. The third-order valence-electron chi connectivity index (χ3n) is 1.93. The Bertz CT molecular complexity index is 513.